The second-order valence-electron chi connectivity index (χ2n) is 4.92. The highest BCUT2D eigenvalue weighted by atomic mass is 16.2. The molecule has 0 unspecified atom stereocenters. The van der Waals surface area contributed by atoms with Gasteiger partial charge >= 0.3 is 6.03 Å². The van der Waals surface area contributed by atoms with Crippen LogP contribution in [0, 0.1) is 0 Å². The van der Waals surface area contributed by atoms with Gasteiger partial charge in [-0.05, 0) is 12.5 Å². The monoisotopic (exact) mass is 307 g/mol. The van der Waals surface area contributed by atoms with Crippen molar-refractivity contribution in [3.63, 3.8) is 0 Å². The zero-order chi connectivity index (χ0) is 16.7. The van der Waals surface area contributed by atoms with Crippen molar-refractivity contribution in [1.82, 2.24) is 15.8 Å². The highest BCUT2D eigenvalue weighted by molar-refractivity contribution is 5.88. The molecule has 2 atom stereocenters. The molecule has 0 aliphatic rings. The zero-order valence-corrected chi connectivity index (χ0v) is 12.6. The minimum Gasteiger partial charge on any atom is -0.368 e. The quantitative estimate of drug-likeness (QED) is 0.525. The Morgan fingerprint density at radius 3 is 2.32 bits per heavy atom. The minimum absolute atomic E-state index is 0.258. The summed E-state index contributed by atoms with van der Waals surface area (Å²) in [7, 11) is 1.36. The lowest BCUT2D eigenvalue weighted by atomic mass is 10.1. The number of nitrogens with zero attached hydrogens (tertiary/aromatic N) is 1. The molecular weight excluding hydrogens is 286 g/mol. The van der Waals surface area contributed by atoms with E-state index < -0.39 is 29.9 Å². The summed E-state index contributed by atoms with van der Waals surface area (Å²) in [6.45, 7) is 1.50. The molecule has 0 bridgehead atoms. The van der Waals surface area contributed by atoms with Crippen molar-refractivity contribution < 1.29 is 14.4 Å². The van der Waals surface area contributed by atoms with Gasteiger partial charge in [0.2, 0.25) is 5.91 Å². The van der Waals surface area contributed by atoms with Crippen LogP contribution < -0.4 is 22.2 Å². The van der Waals surface area contributed by atoms with Gasteiger partial charge < -0.3 is 16.8 Å². The van der Waals surface area contributed by atoms with Crippen molar-refractivity contribution in [2.24, 2.45) is 11.5 Å². The van der Waals surface area contributed by atoms with E-state index in [1.807, 2.05) is 30.3 Å². The number of urea groups is 1. The van der Waals surface area contributed by atoms with E-state index in [1.165, 1.54) is 14.0 Å². The Morgan fingerprint density at radius 2 is 1.82 bits per heavy atom. The van der Waals surface area contributed by atoms with E-state index in [-0.39, 0.29) is 6.42 Å². The Bertz CT molecular complexity index is 533. The number of rotatable bonds is 5. The van der Waals surface area contributed by atoms with Gasteiger partial charge in [-0.15, -0.1) is 0 Å². The number of nitrogens with two attached hydrogens (primary N) is 2. The van der Waals surface area contributed by atoms with Crippen molar-refractivity contribution in [3.8, 4) is 0 Å². The lowest BCUT2D eigenvalue weighted by molar-refractivity contribution is -0.132. The first kappa shape index (κ1) is 17.4. The molecule has 8 heteroatoms. The number of primary amides is 1. The Kier molecular flexibility index (Phi) is 6.33. The summed E-state index contributed by atoms with van der Waals surface area (Å²) in [5.74, 6) is -1.13. The molecule has 6 N–H and O–H groups in total. The Balaban J connectivity index is 2.62. The molecule has 0 saturated heterocycles. The van der Waals surface area contributed by atoms with Crippen LogP contribution in [0.15, 0.2) is 30.3 Å². The van der Waals surface area contributed by atoms with Crippen LogP contribution >= 0.6 is 0 Å². The maximum absolute atomic E-state index is 11.8. The largest absolute Gasteiger partial charge is 0.368 e. The number of nitrogens with one attached hydrogen (secondary N) is 2. The third-order valence-electron chi connectivity index (χ3n) is 2.92. The van der Waals surface area contributed by atoms with Gasteiger partial charge in [-0.25, -0.2) is 10.2 Å². The molecule has 0 fully saturated rings. The summed E-state index contributed by atoms with van der Waals surface area (Å²) >= 11 is 0. The van der Waals surface area contributed by atoms with Crippen LogP contribution in [-0.2, 0) is 16.0 Å². The Hall–Kier alpha value is -2.61. The molecule has 0 saturated carbocycles. The van der Waals surface area contributed by atoms with Crippen LogP contribution in [0.25, 0.3) is 0 Å². The Labute approximate surface area is 128 Å². The van der Waals surface area contributed by atoms with E-state index in [2.05, 4.69) is 10.7 Å². The number of hydrazine groups is 1. The standard InChI is InChI=1S/C14H21N5O3/c1-9(15)13(21)19(2)18-14(22)17-11(12(16)20)8-10-6-4-3-5-7-10/h3-7,9,11H,8,15H2,1-2H3,(H2,16,20)(H2,17,18,22)/t9-,11-/m0/s1. The predicted molar refractivity (Wildman–Crippen MR) is 81.2 cm³/mol. The van der Waals surface area contributed by atoms with Gasteiger partial charge in [0.15, 0.2) is 0 Å². The van der Waals surface area contributed by atoms with E-state index in [9.17, 15) is 14.4 Å². The van der Waals surface area contributed by atoms with Crippen LogP contribution in [0.4, 0.5) is 4.79 Å². The number of hydrogen-bond acceptors (Lipinski definition) is 4. The molecule has 0 aliphatic carbocycles. The van der Waals surface area contributed by atoms with Crippen LogP contribution in [-0.4, -0.2) is 42.0 Å². The zero-order valence-electron chi connectivity index (χ0n) is 12.6. The molecule has 8 nitrogen and oxygen atoms in total. The van der Waals surface area contributed by atoms with Crippen molar-refractivity contribution >= 4 is 17.8 Å². The number of hydrogen-bond donors (Lipinski definition) is 4. The van der Waals surface area contributed by atoms with E-state index in [1.54, 1.807) is 0 Å². The van der Waals surface area contributed by atoms with E-state index in [4.69, 9.17) is 11.5 Å². The molecule has 22 heavy (non-hydrogen) atoms. The molecule has 0 heterocycles. The highest BCUT2D eigenvalue weighted by Crippen LogP contribution is 2.03. The van der Waals surface area contributed by atoms with Crippen LogP contribution in [0.5, 0.6) is 0 Å². The summed E-state index contributed by atoms with van der Waals surface area (Å²) in [5, 5.41) is 3.39. The smallest absolute Gasteiger partial charge is 0.334 e. The van der Waals surface area contributed by atoms with Crippen molar-refractivity contribution in [1.29, 1.82) is 0 Å². The average molecular weight is 307 g/mol. The lowest BCUT2D eigenvalue weighted by Crippen LogP contribution is -2.56. The van der Waals surface area contributed by atoms with Gasteiger partial charge in [-0.3, -0.25) is 14.6 Å². The van der Waals surface area contributed by atoms with Crippen LogP contribution in [0.2, 0.25) is 0 Å². The number of amides is 4. The third-order valence-corrected chi connectivity index (χ3v) is 2.92. The fraction of sp³-hybridized carbons (Fsp3) is 0.357. The summed E-state index contributed by atoms with van der Waals surface area (Å²) in [4.78, 5) is 34.8. The van der Waals surface area contributed by atoms with Crippen molar-refractivity contribution in [2.75, 3.05) is 7.05 Å². The number of carbonyl (C=O) groups excluding carboxylic acids is 3. The second-order valence-corrected chi connectivity index (χ2v) is 4.92. The summed E-state index contributed by atoms with van der Waals surface area (Å²) in [6, 6.07) is 6.78. The molecule has 1 aromatic rings. The SMILES string of the molecule is C[C@H](N)C(=O)N(C)NC(=O)N[C@@H](Cc1ccccc1)C(N)=O. The summed E-state index contributed by atoms with van der Waals surface area (Å²) < 4.78 is 0. The van der Waals surface area contributed by atoms with Crippen molar-refractivity contribution in [3.05, 3.63) is 35.9 Å². The fourth-order valence-electron chi connectivity index (χ4n) is 1.78. The summed E-state index contributed by atoms with van der Waals surface area (Å²) in [5.41, 5.74) is 13.8. The van der Waals surface area contributed by atoms with Crippen molar-refractivity contribution in [2.45, 2.75) is 25.4 Å². The maximum atomic E-state index is 11.8. The molecule has 4 amide bonds. The van der Waals surface area contributed by atoms with E-state index >= 15 is 0 Å². The summed E-state index contributed by atoms with van der Waals surface area (Å²) in [6.07, 6.45) is 0.258. The molecule has 120 valence electrons. The van der Waals surface area contributed by atoms with Gasteiger partial charge in [0.1, 0.15) is 6.04 Å². The fourth-order valence-corrected chi connectivity index (χ4v) is 1.78. The van der Waals surface area contributed by atoms with E-state index in [0.717, 1.165) is 10.6 Å². The number of likely N-dealkylation sites (N-methyl/N-ethyl adjacent to an activating group) is 1. The molecule has 0 spiro atoms. The topological polar surface area (TPSA) is 131 Å². The maximum Gasteiger partial charge on any atom is 0.334 e. The molecule has 1 aromatic carbocycles. The molecule has 0 aromatic heterocycles. The predicted octanol–water partition coefficient (Wildman–Crippen LogP) is -0.897. The first-order valence-electron chi connectivity index (χ1n) is 6.74. The third kappa shape index (κ3) is 5.41. The minimum atomic E-state index is -0.888. The molecule has 0 aliphatic heterocycles. The van der Waals surface area contributed by atoms with Gasteiger partial charge in [0.25, 0.3) is 5.91 Å². The Morgan fingerprint density at radius 1 is 1.23 bits per heavy atom. The average Bonchev–Trinajstić information content (AvgIpc) is 2.46. The first-order valence-corrected chi connectivity index (χ1v) is 6.74. The highest BCUT2D eigenvalue weighted by Gasteiger charge is 2.21. The molecule has 1 rings (SSSR count). The van der Waals surface area contributed by atoms with Crippen LogP contribution in [0.3, 0.4) is 0 Å². The molecular formula is C14H21N5O3. The van der Waals surface area contributed by atoms with Gasteiger partial charge in [0.05, 0.1) is 6.04 Å². The lowest BCUT2D eigenvalue weighted by Gasteiger charge is -2.22. The van der Waals surface area contributed by atoms with Gasteiger partial charge in [0, 0.05) is 13.5 Å². The molecule has 0 radical (unpaired) electrons. The van der Waals surface area contributed by atoms with Gasteiger partial charge in [-0.2, -0.15) is 0 Å². The first-order chi connectivity index (χ1) is 10.3. The van der Waals surface area contributed by atoms with E-state index in [0.29, 0.717) is 0 Å². The number of carbonyl (C=O) groups is 3. The normalized spacial score (nSPS) is 12.9. The second kappa shape index (κ2) is 7.99. The van der Waals surface area contributed by atoms with Gasteiger partial charge in [-0.1, -0.05) is 30.3 Å². The van der Waals surface area contributed by atoms with Crippen LogP contribution in [0.1, 0.15) is 12.5 Å². The number of benzene rings is 1.